The van der Waals surface area contributed by atoms with Crippen LogP contribution in [0.25, 0.3) is 0 Å². The van der Waals surface area contributed by atoms with Crippen molar-refractivity contribution in [3.8, 4) is 0 Å². The Morgan fingerprint density at radius 3 is 3.00 bits per heavy atom. The van der Waals surface area contributed by atoms with Crippen LogP contribution in [-0.4, -0.2) is 43.6 Å². The lowest BCUT2D eigenvalue weighted by Gasteiger charge is -2.26. The fraction of sp³-hybridized carbons (Fsp3) is 0.900. The second kappa shape index (κ2) is 3.42. The molecule has 0 radical (unpaired) electrons. The van der Waals surface area contributed by atoms with Crippen molar-refractivity contribution in [1.82, 2.24) is 10.2 Å². The van der Waals surface area contributed by atoms with Crippen molar-refractivity contribution >= 4 is 5.96 Å². The van der Waals surface area contributed by atoms with Gasteiger partial charge in [0, 0.05) is 25.0 Å². The average molecular weight is 196 g/mol. The topological polar surface area (TPSA) is 53.6 Å². The number of hydrogen-bond acceptors (Lipinski definition) is 4. The molecule has 2 atom stereocenters. The predicted molar refractivity (Wildman–Crippen MR) is 58.2 cm³/mol. The molecule has 80 valence electrons. The van der Waals surface area contributed by atoms with Crippen LogP contribution in [0.4, 0.5) is 0 Å². The van der Waals surface area contributed by atoms with E-state index in [-0.39, 0.29) is 5.41 Å². The van der Waals surface area contributed by atoms with Gasteiger partial charge in [-0.25, -0.2) is 0 Å². The molecule has 2 aliphatic rings. The molecule has 0 bridgehead atoms. The Kier molecular flexibility index (Phi) is 2.39. The van der Waals surface area contributed by atoms with Gasteiger partial charge in [0.05, 0.1) is 6.54 Å². The Morgan fingerprint density at radius 2 is 2.50 bits per heavy atom. The van der Waals surface area contributed by atoms with Gasteiger partial charge in [0.1, 0.15) is 0 Å². The molecule has 3 N–H and O–H groups in total. The summed E-state index contributed by atoms with van der Waals surface area (Å²) in [6, 6.07) is 0. The fourth-order valence-corrected chi connectivity index (χ4v) is 2.23. The molecule has 2 aliphatic heterocycles. The molecule has 2 heterocycles. The van der Waals surface area contributed by atoms with Crippen molar-refractivity contribution in [3.63, 3.8) is 0 Å². The van der Waals surface area contributed by atoms with Gasteiger partial charge in [0.15, 0.2) is 5.96 Å². The van der Waals surface area contributed by atoms with E-state index in [1.165, 1.54) is 0 Å². The molecule has 1 saturated heterocycles. The van der Waals surface area contributed by atoms with Crippen molar-refractivity contribution in [1.29, 1.82) is 0 Å². The number of guanidine groups is 1. The molecule has 1 fully saturated rings. The average Bonchev–Trinajstić information content (AvgIpc) is 2.76. The second-order valence-electron chi connectivity index (χ2n) is 4.77. The Bertz CT molecular complexity index is 251. The van der Waals surface area contributed by atoms with E-state index >= 15 is 0 Å². The van der Waals surface area contributed by atoms with Crippen LogP contribution in [0.3, 0.4) is 0 Å². The van der Waals surface area contributed by atoms with E-state index in [2.05, 4.69) is 29.1 Å². The smallest absolute Gasteiger partial charge is 0.194 e. The van der Waals surface area contributed by atoms with E-state index in [4.69, 9.17) is 5.73 Å². The summed E-state index contributed by atoms with van der Waals surface area (Å²) in [7, 11) is 0. The molecule has 0 saturated carbocycles. The van der Waals surface area contributed by atoms with E-state index in [0.717, 1.165) is 38.7 Å². The number of rotatable bonds is 1. The summed E-state index contributed by atoms with van der Waals surface area (Å²) in [5, 5.41) is 3.32. The number of nitrogens with one attached hydrogen (secondary N) is 1. The summed E-state index contributed by atoms with van der Waals surface area (Å²) < 4.78 is 0. The third-order valence-corrected chi connectivity index (χ3v) is 3.66. The Labute approximate surface area is 85.6 Å². The highest BCUT2D eigenvalue weighted by atomic mass is 15.3. The Balaban J connectivity index is 2.05. The van der Waals surface area contributed by atoms with E-state index < -0.39 is 0 Å². The minimum atomic E-state index is 0.257. The number of nitrogens with zero attached hydrogens (tertiary/aromatic N) is 2. The van der Waals surface area contributed by atoms with E-state index in [1.807, 2.05) is 0 Å². The van der Waals surface area contributed by atoms with Gasteiger partial charge in [-0.3, -0.25) is 4.99 Å². The number of likely N-dealkylation sites (tertiary alicyclic amines) is 1. The first kappa shape index (κ1) is 9.77. The maximum atomic E-state index is 5.83. The summed E-state index contributed by atoms with van der Waals surface area (Å²) in [6.07, 6.45) is 0. The SMILES string of the molecule is CC1CN(C2=NCCN2)CC1(C)CN. The van der Waals surface area contributed by atoms with Crippen LogP contribution in [-0.2, 0) is 0 Å². The highest BCUT2D eigenvalue weighted by molar-refractivity contribution is 5.81. The molecule has 14 heavy (non-hydrogen) atoms. The molecule has 2 rings (SSSR count). The number of nitrogens with two attached hydrogens (primary N) is 1. The molecule has 0 aliphatic carbocycles. The lowest BCUT2D eigenvalue weighted by Crippen LogP contribution is -2.39. The van der Waals surface area contributed by atoms with Gasteiger partial charge < -0.3 is 16.0 Å². The van der Waals surface area contributed by atoms with Crippen molar-refractivity contribution in [2.75, 3.05) is 32.7 Å². The maximum absolute atomic E-state index is 5.83. The molecule has 0 spiro atoms. The van der Waals surface area contributed by atoms with Gasteiger partial charge >= 0.3 is 0 Å². The normalized spacial score (nSPS) is 37.2. The van der Waals surface area contributed by atoms with Crippen molar-refractivity contribution in [2.45, 2.75) is 13.8 Å². The van der Waals surface area contributed by atoms with E-state index in [9.17, 15) is 0 Å². The molecular formula is C10H20N4. The monoisotopic (exact) mass is 196 g/mol. The molecule has 2 unspecified atom stereocenters. The molecule has 0 aromatic carbocycles. The third-order valence-electron chi connectivity index (χ3n) is 3.66. The van der Waals surface area contributed by atoms with Gasteiger partial charge in [-0.1, -0.05) is 13.8 Å². The van der Waals surface area contributed by atoms with Crippen LogP contribution < -0.4 is 11.1 Å². The zero-order valence-electron chi connectivity index (χ0n) is 9.08. The lowest BCUT2D eigenvalue weighted by molar-refractivity contribution is 0.280. The van der Waals surface area contributed by atoms with Crippen LogP contribution in [0.15, 0.2) is 4.99 Å². The summed E-state index contributed by atoms with van der Waals surface area (Å²) in [6.45, 7) is 9.34. The highest BCUT2D eigenvalue weighted by Crippen LogP contribution is 2.34. The molecule has 0 aromatic rings. The van der Waals surface area contributed by atoms with Crippen molar-refractivity contribution in [3.05, 3.63) is 0 Å². The van der Waals surface area contributed by atoms with Crippen molar-refractivity contribution in [2.24, 2.45) is 22.1 Å². The first-order valence-corrected chi connectivity index (χ1v) is 5.39. The van der Waals surface area contributed by atoms with Crippen LogP contribution in [0.1, 0.15) is 13.8 Å². The Hall–Kier alpha value is -0.770. The van der Waals surface area contributed by atoms with Crippen LogP contribution in [0, 0.1) is 11.3 Å². The predicted octanol–water partition coefficient (Wildman–Crippen LogP) is -0.138. The van der Waals surface area contributed by atoms with Crippen LogP contribution >= 0.6 is 0 Å². The quantitative estimate of drug-likeness (QED) is 0.614. The molecule has 4 nitrogen and oxygen atoms in total. The van der Waals surface area contributed by atoms with Crippen LogP contribution in [0.2, 0.25) is 0 Å². The zero-order chi connectivity index (χ0) is 10.2. The molecular weight excluding hydrogens is 176 g/mol. The first-order valence-electron chi connectivity index (χ1n) is 5.39. The zero-order valence-corrected chi connectivity index (χ0v) is 9.08. The number of aliphatic imine (C=N–C) groups is 1. The van der Waals surface area contributed by atoms with Gasteiger partial charge in [-0.05, 0) is 12.5 Å². The van der Waals surface area contributed by atoms with Gasteiger partial charge in [-0.15, -0.1) is 0 Å². The number of hydrogen-bond donors (Lipinski definition) is 2. The van der Waals surface area contributed by atoms with Crippen molar-refractivity contribution < 1.29 is 0 Å². The molecule has 4 heteroatoms. The van der Waals surface area contributed by atoms with E-state index in [0.29, 0.717) is 5.92 Å². The fourth-order valence-electron chi connectivity index (χ4n) is 2.23. The van der Waals surface area contributed by atoms with Gasteiger partial charge in [0.2, 0.25) is 0 Å². The van der Waals surface area contributed by atoms with Gasteiger partial charge in [0.25, 0.3) is 0 Å². The highest BCUT2D eigenvalue weighted by Gasteiger charge is 2.40. The van der Waals surface area contributed by atoms with Crippen LogP contribution in [0.5, 0.6) is 0 Å². The first-order chi connectivity index (χ1) is 6.65. The largest absolute Gasteiger partial charge is 0.354 e. The minimum Gasteiger partial charge on any atom is -0.354 e. The summed E-state index contributed by atoms with van der Waals surface area (Å²) in [5.41, 5.74) is 6.09. The summed E-state index contributed by atoms with van der Waals surface area (Å²) in [4.78, 5) is 6.78. The molecule has 0 amide bonds. The molecule has 0 aromatic heterocycles. The maximum Gasteiger partial charge on any atom is 0.194 e. The van der Waals surface area contributed by atoms with Gasteiger partial charge in [-0.2, -0.15) is 0 Å². The lowest BCUT2D eigenvalue weighted by atomic mass is 9.81. The van der Waals surface area contributed by atoms with E-state index in [1.54, 1.807) is 0 Å². The third kappa shape index (κ3) is 1.47. The summed E-state index contributed by atoms with van der Waals surface area (Å²) in [5.74, 6) is 1.73. The standard InChI is InChI=1S/C10H20N4/c1-8-5-14(7-10(8,2)6-11)9-12-3-4-13-9/h8H,3-7,11H2,1-2H3,(H,12,13). The minimum absolute atomic E-state index is 0.257. The Morgan fingerprint density at radius 1 is 1.71 bits per heavy atom. The summed E-state index contributed by atoms with van der Waals surface area (Å²) >= 11 is 0. The second-order valence-corrected chi connectivity index (χ2v) is 4.77.